The van der Waals surface area contributed by atoms with Crippen LogP contribution in [0, 0.1) is 0 Å². The summed E-state index contributed by atoms with van der Waals surface area (Å²) in [5, 5.41) is 1.72. The van der Waals surface area contributed by atoms with Crippen molar-refractivity contribution in [1.29, 1.82) is 0 Å². The fourth-order valence-electron chi connectivity index (χ4n) is 5.45. The third-order valence-corrected chi connectivity index (χ3v) is 8.80. The van der Waals surface area contributed by atoms with E-state index in [-0.39, 0.29) is 29.3 Å². The Morgan fingerprint density at radius 3 is 2.37 bits per heavy atom. The van der Waals surface area contributed by atoms with Gasteiger partial charge in [0.15, 0.2) is 0 Å². The molecule has 0 spiro atoms. The van der Waals surface area contributed by atoms with Crippen molar-refractivity contribution in [3.63, 3.8) is 0 Å². The number of carbonyl (C=O) groups excluding carboxylic acids is 2. The normalized spacial score (nSPS) is 20.3. The summed E-state index contributed by atoms with van der Waals surface area (Å²) in [7, 11) is 3.52. The molecular formula is C27H30Cl3N3O2. The summed E-state index contributed by atoms with van der Waals surface area (Å²) < 4.78 is 0. The van der Waals surface area contributed by atoms with Crippen molar-refractivity contribution in [3.8, 4) is 0 Å². The molecule has 2 aromatic carbocycles. The number of urea groups is 1. The Hall–Kier alpha value is -1.95. The van der Waals surface area contributed by atoms with E-state index in [1.54, 1.807) is 19.0 Å². The maximum absolute atomic E-state index is 14.1. The molecule has 3 amide bonds. The molecule has 1 atom stereocenters. The minimum absolute atomic E-state index is 0.0159. The number of halogens is 3. The number of benzene rings is 2. The van der Waals surface area contributed by atoms with E-state index in [2.05, 4.69) is 11.0 Å². The first-order valence-corrected chi connectivity index (χ1v) is 13.4. The van der Waals surface area contributed by atoms with Gasteiger partial charge >= 0.3 is 6.03 Å². The van der Waals surface area contributed by atoms with Gasteiger partial charge in [0.1, 0.15) is 0 Å². The Balaban J connectivity index is 1.43. The quantitative estimate of drug-likeness (QED) is 0.412. The van der Waals surface area contributed by atoms with E-state index in [4.69, 9.17) is 34.8 Å². The molecule has 1 aliphatic heterocycles. The standard InChI is InChI=1S/C27H30Cl3N3O2/c1-31(2)25(34)12-17-15-32(24-9-5-19(28)14-21(17)24)26(35)33(20-6-7-20)16-27(10-3-11-27)18-4-8-22(29)23(30)13-18/h4-5,8-9,13-14,17,20H,3,6-7,10-12,15-16H2,1-2H3. The lowest BCUT2D eigenvalue weighted by Crippen LogP contribution is -2.52. The number of fused-ring (bicyclic) bond motifs is 1. The zero-order valence-corrected chi connectivity index (χ0v) is 22.3. The summed E-state index contributed by atoms with van der Waals surface area (Å²) in [6, 6.07) is 11.8. The Bertz CT molecular complexity index is 1160. The molecule has 0 radical (unpaired) electrons. The second kappa shape index (κ2) is 9.49. The highest BCUT2D eigenvalue weighted by Gasteiger charge is 2.47. The van der Waals surface area contributed by atoms with Gasteiger partial charge in [0.05, 0.1) is 10.0 Å². The molecule has 2 fully saturated rings. The molecule has 5 nitrogen and oxygen atoms in total. The second-order valence-electron chi connectivity index (χ2n) is 10.4. The van der Waals surface area contributed by atoms with E-state index < -0.39 is 0 Å². The van der Waals surface area contributed by atoms with Gasteiger partial charge in [0.25, 0.3) is 0 Å². The van der Waals surface area contributed by atoms with Crippen LogP contribution in [-0.2, 0) is 10.2 Å². The highest BCUT2D eigenvalue weighted by molar-refractivity contribution is 6.42. The van der Waals surface area contributed by atoms with Crippen LogP contribution in [0.15, 0.2) is 36.4 Å². The van der Waals surface area contributed by atoms with Crippen LogP contribution < -0.4 is 4.90 Å². The lowest BCUT2D eigenvalue weighted by Gasteiger charge is -2.46. The van der Waals surface area contributed by atoms with Crippen LogP contribution in [0.3, 0.4) is 0 Å². The largest absolute Gasteiger partial charge is 0.349 e. The first kappa shape index (κ1) is 24.7. The van der Waals surface area contributed by atoms with Crippen molar-refractivity contribution in [1.82, 2.24) is 9.80 Å². The van der Waals surface area contributed by atoms with Crippen LogP contribution in [0.25, 0.3) is 0 Å². The summed E-state index contributed by atoms with van der Waals surface area (Å²) >= 11 is 18.9. The molecule has 1 unspecified atom stereocenters. The van der Waals surface area contributed by atoms with Crippen molar-refractivity contribution in [2.24, 2.45) is 0 Å². The highest BCUT2D eigenvalue weighted by Crippen LogP contribution is 2.48. The lowest BCUT2D eigenvalue weighted by molar-refractivity contribution is -0.129. The molecule has 1 heterocycles. The van der Waals surface area contributed by atoms with Gasteiger partial charge in [-0.1, -0.05) is 47.3 Å². The van der Waals surface area contributed by atoms with E-state index in [0.717, 1.165) is 48.9 Å². The molecule has 35 heavy (non-hydrogen) atoms. The summed E-state index contributed by atoms with van der Waals surface area (Å²) in [5.74, 6) is -0.0290. The van der Waals surface area contributed by atoms with Gasteiger partial charge in [-0.2, -0.15) is 0 Å². The first-order valence-electron chi connectivity index (χ1n) is 12.2. The summed E-state index contributed by atoms with van der Waals surface area (Å²) in [5.41, 5.74) is 2.88. The molecule has 0 bridgehead atoms. The third kappa shape index (κ3) is 4.75. The molecule has 2 aliphatic carbocycles. The minimum Gasteiger partial charge on any atom is -0.349 e. The third-order valence-electron chi connectivity index (χ3n) is 7.82. The molecule has 0 aromatic heterocycles. The van der Waals surface area contributed by atoms with Crippen LogP contribution in [0.5, 0.6) is 0 Å². The van der Waals surface area contributed by atoms with Crippen molar-refractivity contribution < 1.29 is 9.59 Å². The smallest absolute Gasteiger partial charge is 0.324 e. The molecule has 5 rings (SSSR count). The van der Waals surface area contributed by atoms with Crippen LogP contribution in [0.4, 0.5) is 10.5 Å². The number of hydrogen-bond acceptors (Lipinski definition) is 2. The van der Waals surface area contributed by atoms with Gasteiger partial charge in [0, 0.05) is 61.7 Å². The van der Waals surface area contributed by atoms with Crippen LogP contribution >= 0.6 is 34.8 Å². The van der Waals surface area contributed by atoms with Gasteiger partial charge < -0.3 is 9.80 Å². The number of carbonyl (C=O) groups is 2. The van der Waals surface area contributed by atoms with Gasteiger partial charge in [-0.3, -0.25) is 9.69 Å². The predicted molar refractivity (Wildman–Crippen MR) is 142 cm³/mol. The molecule has 8 heteroatoms. The van der Waals surface area contributed by atoms with Gasteiger partial charge in [0.2, 0.25) is 5.91 Å². The van der Waals surface area contributed by atoms with Crippen molar-refractivity contribution in [3.05, 3.63) is 62.6 Å². The summed E-state index contributed by atoms with van der Waals surface area (Å²) in [6.07, 6.45) is 5.56. The summed E-state index contributed by atoms with van der Waals surface area (Å²) in [4.78, 5) is 32.1. The molecule has 0 N–H and O–H groups in total. The number of hydrogen-bond donors (Lipinski definition) is 0. The van der Waals surface area contributed by atoms with Crippen LogP contribution in [0.2, 0.25) is 15.1 Å². The van der Waals surface area contributed by atoms with Crippen LogP contribution in [0.1, 0.15) is 55.6 Å². The average molecular weight is 535 g/mol. The number of rotatable bonds is 6. The van der Waals surface area contributed by atoms with E-state index in [0.29, 0.717) is 34.6 Å². The molecular weight excluding hydrogens is 505 g/mol. The zero-order chi connectivity index (χ0) is 24.9. The Labute approximate surface area is 221 Å². The highest BCUT2D eigenvalue weighted by atomic mass is 35.5. The van der Waals surface area contributed by atoms with Crippen molar-refractivity contribution >= 4 is 52.4 Å². The molecule has 3 aliphatic rings. The van der Waals surface area contributed by atoms with E-state index in [1.165, 1.54) is 0 Å². The SMILES string of the molecule is CN(C)C(=O)CC1CN(C(=O)N(CC2(c3ccc(Cl)c(Cl)c3)CCC2)C2CC2)c2ccc(Cl)cc21. The Morgan fingerprint density at radius 2 is 1.77 bits per heavy atom. The Morgan fingerprint density at radius 1 is 1.03 bits per heavy atom. The van der Waals surface area contributed by atoms with Gasteiger partial charge in [-0.25, -0.2) is 4.79 Å². The number of anilines is 1. The van der Waals surface area contributed by atoms with Crippen molar-refractivity contribution in [2.75, 3.05) is 32.1 Å². The maximum atomic E-state index is 14.1. The van der Waals surface area contributed by atoms with Crippen molar-refractivity contribution in [2.45, 2.75) is 55.9 Å². The molecule has 0 saturated heterocycles. The zero-order valence-electron chi connectivity index (χ0n) is 20.1. The Kier molecular flexibility index (Phi) is 6.71. The van der Waals surface area contributed by atoms with Crippen LogP contribution in [-0.4, -0.2) is 55.0 Å². The van der Waals surface area contributed by atoms with Gasteiger partial charge in [-0.15, -0.1) is 0 Å². The monoisotopic (exact) mass is 533 g/mol. The van der Waals surface area contributed by atoms with E-state index >= 15 is 0 Å². The predicted octanol–water partition coefficient (Wildman–Crippen LogP) is 6.74. The lowest BCUT2D eigenvalue weighted by atomic mass is 9.64. The average Bonchev–Trinajstić information content (AvgIpc) is 3.57. The minimum atomic E-state index is -0.102. The van der Waals surface area contributed by atoms with E-state index in [9.17, 15) is 9.59 Å². The maximum Gasteiger partial charge on any atom is 0.324 e. The van der Waals surface area contributed by atoms with E-state index in [1.807, 2.05) is 35.2 Å². The molecule has 186 valence electrons. The number of amides is 3. The second-order valence-corrected chi connectivity index (χ2v) is 11.7. The first-order chi connectivity index (χ1) is 16.7. The van der Waals surface area contributed by atoms with Gasteiger partial charge in [-0.05, 0) is 67.1 Å². The molecule has 2 saturated carbocycles. The topological polar surface area (TPSA) is 43.9 Å². The fraction of sp³-hybridized carbons (Fsp3) is 0.481. The fourth-order valence-corrected chi connectivity index (χ4v) is 5.93. The number of nitrogens with zero attached hydrogens (tertiary/aromatic N) is 3. The molecule has 2 aromatic rings. The summed E-state index contributed by atoms with van der Waals surface area (Å²) in [6.45, 7) is 1.15.